The van der Waals surface area contributed by atoms with Crippen LogP contribution in [-0.2, 0) is 11.3 Å². The predicted octanol–water partition coefficient (Wildman–Crippen LogP) is 3.51. The van der Waals surface area contributed by atoms with Crippen molar-refractivity contribution in [3.8, 4) is 0 Å². The Bertz CT molecular complexity index is 629. The third kappa shape index (κ3) is 5.58. The highest BCUT2D eigenvalue weighted by Gasteiger charge is 2.28. The number of hydrogen-bond acceptors (Lipinski definition) is 5. The second kappa shape index (κ2) is 8.46. The number of carbonyl (C=O) groups excluding carboxylic acids is 1. The molecular formula is C21H34N4O2. The summed E-state index contributed by atoms with van der Waals surface area (Å²) in [6.07, 6.45) is 6.23. The number of piperidine rings is 1. The molecule has 6 nitrogen and oxygen atoms in total. The van der Waals surface area contributed by atoms with E-state index in [1.807, 2.05) is 34.0 Å². The molecule has 2 aliphatic rings. The number of aromatic nitrogens is 1. The molecule has 27 heavy (non-hydrogen) atoms. The van der Waals surface area contributed by atoms with Crippen LogP contribution in [0.15, 0.2) is 18.3 Å². The predicted molar refractivity (Wildman–Crippen MR) is 108 cm³/mol. The highest BCUT2D eigenvalue weighted by atomic mass is 16.6. The zero-order valence-corrected chi connectivity index (χ0v) is 17.3. The van der Waals surface area contributed by atoms with Crippen molar-refractivity contribution in [3.05, 3.63) is 23.9 Å². The van der Waals surface area contributed by atoms with E-state index in [0.717, 1.165) is 51.4 Å². The van der Waals surface area contributed by atoms with Crippen LogP contribution >= 0.6 is 0 Å². The number of ether oxygens (including phenoxy) is 1. The molecule has 2 aliphatic heterocycles. The van der Waals surface area contributed by atoms with Crippen molar-refractivity contribution in [3.63, 3.8) is 0 Å². The lowest BCUT2D eigenvalue weighted by Gasteiger charge is -2.37. The highest BCUT2D eigenvalue weighted by molar-refractivity contribution is 5.68. The van der Waals surface area contributed by atoms with Crippen LogP contribution in [-0.4, -0.2) is 65.7 Å². The van der Waals surface area contributed by atoms with E-state index >= 15 is 0 Å². The molecule has 2 fully saturated rings. The van der Waals surface area contributed by atoms with Gasteiger partial charge in [-0.2, -0.15) is 0 Å². The minimum atomic E-state index is -0.444. The van der Waals surface area contributed by atoms with Crippen LogP contribution in [0.5, 0.6) is 0 Å². The Morgan fingerprint density at radius 3 is 2.52 bits per heavy atom. The first-order chi connectivity index (χ1) is 12.8. The lowest BCUT2D eigenvalue weighted by Crippen LogP contribution is -2.46. The van der Waals surface area contributed by atoms with E-state index in [-0.39, 0.29) is 12.1 Å². The molecule has 0 aromatic carbocycles. The van der Waals surface area contributed by atoms with Crippen LogP contribution in [0.25, 0.3) is 0 Å². The fraction of sp³-hybridized carbons (Fsp3) is 0.714. The summed E-state index contributed by atoms with van der Waals surface area (Å²) in [5, 5.41) is 0. The molecule has 3 heterocycles. The van der Waals surface area contributed by atoms with Crippen LogP contribution in [0.1, 0.15) is 52.0 Å². The van der Waals surface area contributed by atoms with E-state index in [0.29, 0.717) is 0 Å². The number of amides is 1. The number of likely N-dealkylation sites (tertiary alicyclic amines) is 1. The van der Waals surface area contributed by atoms with Gasteiger partial charge in [-0.1, -0.05) is 0 Å². The maximum atomic E-state index is 12.3. The summed E-state index contributed by atoms with van der Waals surface area (Å²) >= 11 is 0. The molecule has 0 bridgehead atoms. The Kier molecular flexibility index (Phi) is 6.25. The van der Waals surface area contributed by atoms with Gasteiger partial charge in [0.25, 0.3) is 0 Å². The molecule has 1 aromatic heterocycles. The van der Waals surface area contributed by atoms with Crippen LogP contribution in [0, 0.1) is 0 Å². The van der Waals surface area contributed by atoms with Crippen molar-refractivity contribution in [2.75, 3.05) is 38.1 Å². The second-order valence-corrected chi connectivity index (χ2v) is 8.82. The molecule has 6 heteroatoms. The van der Waals surface area contributed by atoms with Gasteiger partial charge in [0.2, 0.25) is 0 Å². The van der Waals surface area contributed by atoms with Gasteiger partial charge in [0.15, 0.2) is 0 Å². The summed E-state index contributed by atoms with van der Waals surface area (Å²) in [7, 11) is 1.86. The Morgan fingerprint density at radius 2 is 1.89 bits per heavy atom. The quantitative estimate of drug-likeness (QED) is 0.807. The summed E-state index contributed by atoms with van der Waals surface area (Å²) in [6.45, 7) is 10.9. The van der Waals surface area contributed by atoms with E-state index in [4.69, 9.17) is 4.74 Å². The van der Waals surface area contributed by atoms with E-state index in [2.05, 4.69) is 26.9 Å². The topological polar surface area (TPSA) is 48.9 Å². The van der Waals surface area contributed by atoms with Gasteiger partial charge in [0, 0.05) is 52.0 Å². The van der Waals surface area contributed by atoms with Gasteiger partial charge in [-0.25, -0.2) is 9.78 Å². The molecular weight excluding hydrogens is 340 g/mol. The minimum absolute atomic E-state index is 0.217. The summed E-state index contributed by atoms with van der Waals surface area (Å²) < 4.78 is 5.50. The molecule has 150 valence electrons. The van der Waals surface area contributed by atoms with E-state index in [1.165, 1.54) is 18.4 Å². The number of carbonyl (C=O) groups is 1. The average Bonchev–Trinajstić information content (AvgIpc) is 3.15. The van der Waals surface area contributed by atoms with Gasteiger partial charge >= 0.3 is 6.09 Å². The van der Waals surface area contributed by atoms with Crippen molar-refractivity contribution in [2.45, 2.75) is 64.6 Å². The first-order valence-corrected chi connectivity index (χ1v) is 10.2. The maximum absolute atomic E-state index is 12.3. The van der Waals surface area contributed by atoms with Crippen LogP contribution < -0.4 is 4.90 Å². The van der Waals surface area contributed by atoms with Gasteiger partial charge in [0.1, 0.15) is 11.4 Å². The molecule has 0 radical (unpaired) electrons. The fourth-order valence-electron chi connectivity index (χ4n) is 3.88. The number of hydrogen-bond donors (Lipinski definition) is 0. The molecule has 2 saturated heterocycles. The summed E-state index contributed by atoms with van der Waals surface area (Å²) in [5.41, 5.74) is 0.881. The molecule has 3 rings (SSSR count). The van der Waals surface area contributed by atoms with Gasteiger partial charge in [-0.3, -0.25) is 4.90 Å². The normalized spacial score (nSPS) is 19.3. The largest absolute Gasteiger partial charge is 0.444 e. The lowest BCUT2D eigenvalue weighted by molar-refractivity contribution is 0.0149. The van der Waals surface area contributed by atoms with Crippen LogP contribution in [0.3, 0.4) is 0 Å². The Morgan fingerprint density at radius 1 is 1.22 bits per heavy atom. The molecule has 0 unspecified atom stereocenters. The van der Waals surface area contributed by atoms with Crippen molar-refractivity contribution < 1.29 is 9.53 Å². The van der Waals surface area contributed by atoms with Crippen molar-refractivity contribution in [2.24, 2.45) is 0 Å². The maximum Gasteiger partial charge on any atom is 0.410 e. The van der Waals surface area contributed by atoms with E-state index < -0.39 is 5.60 Å². The van der Waals surface area contributed by atoms with Gasteiger partial charge in [-0.15, -0.1) is 0 Å². The number of pyridine rings is 1. The molecule has 0 N–H and O–H groups in total. The molecule has 0 atom stereocenters. The van der Waals surface area contributed by atoms with Gasteiger partial charge in [-0.05, 0) is 64.2 Å². The first-order valence-electron chi connectivity index (χ1n) is 10.2. The van der Waals surface area contributed by atoms with E-state index in [1.54, 1.807) is 4.90 Å². The second-order valence-electron chi connectivity index (χ2n) is 8.82. The minimum Gasteiger partial charge on any atom is -0.444 e. The van der Waals surface area contributed by atoms with Crippen molar-refractivity contribution in [1.82, 2.24) is 14.8 Å². The summed E-state index contributed by atoms with van der Waals surface area (Å²) in [6, 6.07) is 4.62. The third-order valence-electron chi connectivity index (χ3n) is 5.43. The summed E-state index contributed by atoms with van der Waals surface area (Å²) in [5.74, 6) is 1.12. The Balaban J connectivity index is 1.49. The zero-order valence-electron chi connectivity index (χ0n) is 17.3. The Hall–Kier alpha value is -1.82. The highest BCUT2D eigenvalue weighted by Crippen LogP contribution is 2.22. The zero-order chi connectivity index (χ0) is 19.4. The molecule has 0 aliphatic carbocycles. The number of anilines is 1. The molecule has 0 saturated carbocycles. The third-order valence-corrected chi connectivity index (χ3v) is 5.43. The smallest absolute Gasteiger partial charge is 0.410 e. The number of rotatable bonds is 4. The van der Waals surface area contributed by atoms with Gasteiger partial charge in [0.05, 0.1) is 0 Å². The van der Waals surface area contributed by atoms with Crippen LogP contribution in [0.4, 0.5) is 10.6 Å². The summed E-state index contributed by atoms with van der Waals surface area (Å²) in [4.78, 5) is 23.5. The SMILES string of the molecule is CN(C(=O)OC(C)(C)C)C1CCN(Cc2ccnc(N3CCCC3)c2)CC1. The molecule has 0 spiro atoms. The average molecular weight is 375 g/mol. The molecule has 1 amide bonds. The molecule has 1 aromatic rings. The first kappa shape index (κ1) is 19.9. The standard InChI is InChI=1S/C21H34N4O2/c1-21(2,3)27-20(26)23(4)18-8-13-24(14-9-18)16-17-7-10-22-19(15-17)25-11-5-6-12-25/h7,10,15,18H,5-6,8-9,11-14,16H2,1-4H3. The fourth-order valence-corrected chi connectivity index (χ4v) is 3.88. The van der Waals surface area contributed by atoms with Crippen molar-refractivity contribution >= 4 is 11.9 Å². The Labute approximate surface area is 163 Å². The van der Waals surface area contributed by atoms with E-state index in [9.17, 15) is 4.79 Å². The van der Waals surface area contributed by atoms with Gasteiger partial charge < -0.3 is 14.5 Å². The van der Waals surface area contributed by atoms with Crippen LogP contribution in [0.2, 0.25) is 0 Å². The number of nitrogens with zero attached hydrogens (tertiary/aromatic N) is 4. The lowest BCUT2D eigenvalue weighted by atomic mass is 10.0. The monoisotopic (exact) mass is 374 g/mol. The van der Waals surface area contributed by atoms with Crippen molar-refractivity contribution in [1.29, 1.82) is 0 Å².